The van der Waals surface area contributed by atoms with Gasteiger partial charge in [-0.05, 0) is 13.8 Å². The van der Waals surface area contributed by atoms with Crippen LogP contribution in [0.25, 0.3) is 0 Å². The first kappa shape index (κ1) is 12.7. The van der Waals surface area contributed by atoms with Crippen LogP contribution in [0.15, 0.2) is 11.5 Å². The van der Waals surface area contributed by atoms with Crippen LogP contribution >= 0.6 is 0 Å². The zero-order valence-corrected chi connectivity index (χ0v) is 10.8. The Morgan fingerprint density at radius 1 is 1.39 bits per heavy atom. The molecule has 0 unspecified atom stereocenters. The summed E-state index contributed by atoms with van der Waals surface area (Å²) in [6.07, 6.45) is 0. The molecule has 0 aliphatic carbocycles. The zero-order chi connectivity index (χ0) is 13.5. The average molecular weight is 256 g/mol. The van der Waals surface area contributed by atoms with E-state index in [1.165, 1.54) is 14.2 Å². The molecule has 0 amide bonds. The van der Waals surface area contributed by atoms with Gasteiger partial charge in [0.25, 0.3) is 5.95 Å². The molecule has 100 valence electrons. The van der Waals surface area contributed by atoms with Gasteiger partial charge in [0.2, 0.25) is 0 Å². The van der Waals surface area contributed by atoms with Crippen LogP contribution in [0.4, 0.5) is 0 Å². The standard InChI is InChI=1S/C12H16O6/c1-12(2)6-5-17-10(14)7(6)8(9(13)15-3)11(16-4)18-12/h6-7H,5H2,1-4H3/t6-,7-/m1/s1. The molecule has 0 radical (unpaired) electrons. The van der Waals surface area contributed by atoms with Gasteiger partial charge in [-0.1, -0.05) is 0 Å². The summed E-state index contributed by atoms with van der Waals surface area (Å²) in [6, 6.07) is 0. The third-order valence-corrected chi connectivity index (χ3v) is 3.43. The summed E-state index contributed by atoms with van der Waals surface area (Å²) in [7, 11) is 2.63. The smallest absolute Gasteiger partial charge is 0.341 e. The SMILES string of the molecule is COC(=O)C1=C(OC)OC(C)(C)[C@@H]2COC(=O)[C@@H]12. The second-order valence-electron chi connectivity index (χ2n) is 4.82. The molecule has 0 aromatic rings. The number of ether oxygens (including phenoxy) is 4. The zero-order valence-electron chi connectivity index (χ0n) is 10.8. The lowest BCUT2D eigenvalue weighted by molar-refractivity contribution is -0.149. The van der Waals surface area contributed by atoms with Gasteiger partial charge >= 0.3 is 11.9 Å². The minimum absolute atomic E-state index is 0.0342. The van der Waals surface area contributed by atoms with Crippen molar-refractivity contribution in [3.63, 3.8) is 0 Å². The Bertz CT molecular complexity index is 422. The molecule has 2 heterocycles. The largest absolute Gasteiger partial charge is 0.468 e. The summed E-state index contributed by atoms with van der Waals surface area (Å²) in [5.74, 6) is -1.94. The molecule has 0 bridgehead atoms. The summed E-state index contributed by atoms with van der Waals surface area (Å²) in [5, 5.41) is 0. The van der Waals surface area contributed by atoms with Crippen LogP contribution in [-0.4, -0.2) is 38.4 Å². The maximum atomic E-state index is 11.8. The first-order chi connectivity index (χ1) is 8.42. The number of rotatable bonds is 2. The summed E-state index contributed by atoms with van der Waals surface area (Å²) in [5.41, 5.74) is -0.536. The van der Waals surface area contributed by atoms with Gasteiger partial charge in [0.1, 0.15) is 17.1 Å². The van der Waals surface area contributed by atoms with Crippen molar-refractivity contribution in [1.82, 2.24) is 0 Å². The maximum absolute atomic E-state index is 11.8. The third-order valence-electron chi connectivity index (χ3n) is 3.43. The predicted octanol–water partition coefficient (Wildman–Crippen LogP) is 0.615. The number of cyclic esters (lactones) is 1. The highest BCUT2D eigenvalue weighted by molar-refractivity contribution is 5.97. The van der Waals surface area contributed by atoms with Crippen molar-refractivity contribution in [3.8, 4) is 0 Å². The second kappa shape index (κ2) is 4.19. The van der Waals surface area contributed by atoms with Gasteiger partial charge in [0, 0.05) is 0 Å². The minimum Gasteiger partial charge on any atom is -0.468 e. The molecule has 2 atom stereocenters. The second-order valence-corrected chi connectivity index (χ2v) is 4.82. The van der Waals surface area contributed by atoms with Crippen LogP contribution in [0.2, 0.25) is 0 Å². The van der Waals surface area contributed by atoms with E-state index in [0.29, 0.717) is 0 Å². The van der Waals surface area contributed by atoms with Gasteiger partial charge in [-0.3, -0.25) is 4.79 Å². The Kier molecular flexibility index (Phi) is 2.96. The fourth-order valence-corrected chi connectivity index (χ4v) is 2.41. The molecule has 1 fully saturated rings. The van der Waals surface area contributed by atoms with Gasteiger partial charge in [0.05, 0.1) is 26.7 Å². The number of carbonyl (C=O) groups excluding carboxylic acids is 2. The fourth-order valence-electron chi connectivity index (χ4n) is 2.41. The van der Waals surface area contributed by atoms with E-state index in [-0.39, 0.29) is 24.0 Å². The molecule has 0 saturated carbocycles. The van der Waals surface area contributed by atoms with Gasteiger partial charge < -0.3 is 18.9 Å². The summed E-state index contributed by atoms with van der Waals surface area (Å²) >= 11 is 0. The predicted molar refractivity (Wildman–Crippen MR) is 59.2 cm³/mol. The summed E-state index contributed by atoms with van der Waals surface area (Å²) < 4.78 is 20.4. The molecular weight excluding hydrogens is 240 g/mol. The van der Waals surface area contributed by atoms with E-state index in [0.717, 1.165) is 0 Å². The van der Waals surface area contributed by atoms with E-state index in [4.69, 9.17) is 14.2 Å². The van der Waals surface area contributed by atoms with Gasteiger partial charge in [0.15, 0.2) is 0 Å². The average Bonchev–Trinajstić information content (AvgIpc) is 2.71. The molecule has 6 heteroatoms. The van der Waals surface area contributed by atoms with Crippen LogP contribution in [-0.2, 0) is 28.5 Å². The Labute approximate surface area is 105 Å². The number of hydrogen-bond donors (Lipinski definition) is 0. The van der Waals surface area contributed by atoms with E-state index in [1.807, 2.05) is 13.8 Å². The summed E-state index contributed by atoms with van der Waals surface area (Å²) in [6.45, 7) is 3.90. The highest BCUT2D eigenvalue weighted by atomic mass is 16.7. The number of methoxy groups -OCH3 is 2. The number of esters is 2. The molecule has 2 aliphatic heterocycles. The topological polar surface area (TPSA) is 71.1 Å². The van der Waals surface area contributed by atoms with E-state index < -0.39 is 23.5 Å². The normalized spacial score (nSPS) is 29.2. The lowest BCUT2D eigenvalue weighted by Crippen LogP contribution is -2.45. The van der Waals surface area contributed by atoms with Crippen LogP contribution < -0.4 is 0 Å². The molecule has 0 aromatic heterocycles. The number of carbonyl (C=O) groups is 2. The first-order valence-electron chi connectivity index (χ1n) is 5.64. The van der Waals surface area contributed by atoms with Crippen LogP contribution in [0.5, 0.6) is 0 Å². The number of fused-ring (bicyclic) bond motifs is 1. The Morgan fingerprint density at radius 2 is 2.06 bits per heavy atom. The highest BCUT2D eigenvalue weighted by Crippen LogP contribution is 2.45. The van der Waals surface area contributed by atoms with Crippen LogP contribution in [0.3, 0.4) is 0 Å². The molecule has 0 spiro atoms. The lowest BCUT2D eigenvalue weighted by Gasteiger charge is -2.38. The molecule has 2 rings (SSSR count). The Morgan fingerprint density at radius 3 is 2.61 bits per heavy atom. The summed E-state index contributed by atoms with van der Waals surface area (Å²) in [4.78, 5) is 23.6. The lowest BCUT2D eigenvalue weighted by atomic mass is 9.76. The first-order valence-corrected chi connectivity index (χ1v) is 5.64. The van der Waals surface area contributed by atoms with E-state index >= 15 is 0 Å². The Balaban J connectivity index is 2.52. The van der Waals surface area contributed by atoms with Crippen molar-refractivity contribution in [1.29, 1.82) is 0 Å². The molecule has 6 nitrogen and oxygen atoms in total. The Hall–Kier alpha value is -1.72. The molecule has 2 aliphatic rings. The van der Waals surface area contributed by atoms with Crippen molar-refractivity contribution in [2.75, 3.05) is 20.8 Å². The fraction of sp³-hybridized carbons (Fsp3) is 0.667. The number of hydrogen-bond acceptors (Lipinski definition) is 6. The molecular formula is C12H16O6. The van der Waals surface area contributed by atoms with Gasteiger partial charge in [-0.25, -0.2) is 4.79 Å². The molecule has 1 saturated heterocycles. The third kappa shape index (κ3) is 1.72. The molecule has 0 aromatic carbocycles. The van der Waals surface area contributed by atoms with E-state index in [2.05, 4.69) is 4.74 Å². The van der Waals surface area contributed by atoms with Crippen molar-refractivity contribution in [2.24, 2.45) is 11.8 Å². The maximum Gasteiger partial charge on any atom is 0.341 e. The van der Waals surface area contributed by atoms with E-state index in [1.54, 1.807) is 0 Å². The molecule has 18 heavy (non-hydrogen) atoms. The van der Waals surface area contributed by atoms with Crippen molar-refractivity contribution in [3.05, 3.63) is 11.5 Å². The minimum atomic E-state index is -0.684. The van der Waals surface area contributed by atoms with E-state index in [9.17, 15) is 9.59 Å². The highest BCUT2D eigenvalue weighted by Gasteiger charge is 2.56. The monoisotopic (exact) mass is 256 g/mol. The molecule has 0 N–H and O–H groups in total. The van der Waals surface area contributed by atoms with Crippen molar-refractivity contribution < 1.29 is 28.5 Å². The van der Waals surface area contributed by atoms with Crippen molar-refractivity contribution in [2.45, 2.75) is 19.4 Å². The van der Waals surface area contributed by atoms with Gasteiger partial charge in [-0.15, -0.1) is 0 Å². The van der Waals surface area contributed by atoms with Crippen LogP contribution in [0, 0.1) is 11.8 Å². The van der Waals surface area contributed by atoms with Gasteiger partial charge in [-0.2, -0.15) is 0 Å². The van der Waals surface area contributed by atoms with Crippen molar-refractivity contribution >= 4 is 11.9 Å². The quantitative estimate of drug-likeness (QED) is 0.674. The van der Waals surface area contributed by atoms with Crippen LogP contribution in [0.1, 0.15) is 13.8 Å².